The Labute approximate surface area is 198 Å². The standard InChI is InChI=1S/C22H36N4O3.HI/c1-5-23-22(25-14-12-21(27)26-15-7-6-8-17(26)2)24-13-11-18-9-10-19(28-3)20(16-18)29-4;/h9-10,16-17H,5-8,11-15H2,1-4H3,(H2,23,24,25);1H. The average Bonchev–Trinajstić information content (AvgIpc) is 2.73. The molecule has 0 radical (unpaired) electrons. The summed E-state index contributed by atoms with van der Waals surface area (Å²) in [6.45, 7) is 7.06. The number of guanidine groups is 1. The quantitative estimate of drug-likeness (QED) is 0.290. The third-order valence-corrected chi connectivity index (χ3v) is 5.22. The van der Waals surface area contributed by atoms with Gasteiger partial charge >= 0.3 is 0 Å². The first kappa shape index (κ1) is 26.3. The van der Waals surface area contributed by atoms with Crippen molar-refractivity contribution in [2.24, 2.45) is 4.99 Å². The smallest absolute Gasteiger partial charge is 0.224 e. The van der Waals surface area contributed by atoms with Crippen LogP contribution in [0.2, 0.25) is 0 Å². The van der Waals surface area contributed by atoms with Gasteiger partial charge in [0.1, 0.15) is 0 Å². The van der Waals surface area contributed by atoms with Crippen LogP contribution in [0.1, 0.15) is 45.1 Å². The molecule has 1 saturated heterocycles. The molecule has 2 rings (SSSR count). The second-order valence-electron chi connectivity index (χ2n) is 7.31. The van der Waals surface area contributed by atoms with Gasteiger partial charge in [0.15, 0.2) is 17.5 Å². The van der Waals surface area contributed by atoms with E-state index in [-0.39, 0.29) is 29.9 Å². The van der Waals surface area contributed by atoms with E-state index in [9.17, 15) is 4.79 Å². The first-order valence-corrected chi connectivity index (χ1v) is 10.6. The van der Waals surface area contributed by atoms with Crippen molar-refractivity contribution in [1.29, 1.82) is 0 Å². The number of carbonyl (C=O) groups excluding carboxylic acids is 1. The number of hydrogen-bond acceptors (Lipinski definition) is 4. The monoisotopic (exact) mass is 532 g/mol. The molecule has 0 spiro atoms. The fourth-order valence-electron chi connectivity index (χ4n) is 3.58. The molecule has 1 amide bonds. The summed E-state index contributed by atoms with van der Waals surface area (Å²) in [6.07, 6.45) is 4.72. The molecule has 1 heterocycles. The van der Waals surface area contributed by atoms with E-state index in [1.165, 1.54) is 6.42 Å². The Morgan fingerprint density at radius 3 is 2.63 bits per heavy atom. The summed E-state index contributed by atoms with van der Waals surface area (Å²) in [7, 11) is 3.27. The van der Waals surface area contributed by atoms with Gasteiger partial charge < -0.3 is 25.0 Å². The number of methoxy groups -OCH3 is 2. The lowest BCUT2D eigenvalue weighted by atomic mass is 10.0. The third kappa shape index (κ3) is 8.20. The molecule has 2 N–H and O–H groups in total. The van der Waals surface area contributed by atoms with Crippen molar-refractivity contribution in [2.45, 2.75) is 52.0 Å². The Hall–Kier alpha value is -1.71. The van der Waals surface area contributed by atoms with Crippen LogP contribution in [0.3, 0.4) is 0 Å². The summed E-state index contributed by atoms with van der Waals surface area (Å²) in [4.78, 5) is 19.0. The SMILES string of the molecule is CCNC(=NCCC(=O)N1CCCCC1C)NCCc1ccc(OC)c(OC)c1.I. The van der Waals surface area contributed by atoms with E-state index in [2.05, 4.69) is 22.5 Å². The minimum absolute atomic E-state index is 0. The molecule has 170 valence electrons. The Bertz CT molecular complexity index is 684. The summed E-state index contributed by atoms with van der Waals surface area (Å²) < 4.78 is 10.6. The number of rotatable bonds is 9. The molecular formula is C22H37IN4O3. The van der Waals surface area contributed by atoms with Gasteiger partial charge in [-0.2, -0.15) is 0 Å². The number of amides is 1. The zero-order valence-corrected chi connectivity index (χ0v) is 21.0. The molecule has 1 atom stereocenters. The second-order valence-corrected chi connectivity index (χ2v) is 7.31. The van der Waals surface area contributed by atoms with Gasteiger partial charge in [-0.1, -0.05) is 6.07 Å². The van der Waals surface area contributed by atoms with Crippen molar-refractivity contribution >= 4 is 35.8 Å². The van der Waals surface area contributed by atoms with Crippen molar-refractivity contribution < 1.29 is 14.3 Å². The van der Waals surface area contributed by atoms with Crippen molar-refractivity contribution in [1.82, 2.24) is 15.5 Å². The van der Waals surface area contributed by atoms with Crippen LogP contribution in [0.15, 0.2) is 23.2 Å². The molecule has 1 fully saturated rings. The first-order chi connectivity index (χ1) is 14.1. The van der Waals surface area contributed by atoms with Crippen LogP contribution in [-0.4, -0.2) is 63.2 Å². The average molecular weight is 532 g/mol. The molecule has 1 aromatic carbocycles. The van der Waals surface area contributed by atoms with Crippen molar-refractivity contribution in [3.05, 3.63) is 23.8 Å². The van der Waals surface area contributed by atoms with Gasteiger partial charge in [0.2, 0.25) is 5.91 Å². The lowest BCUT2D eigenvalue weighted by molar-refractivity contribution is -0.134. The molecule has 0 saturated carbocycles. The Morgan fingerprint density at radius 2 is 1.97 bits per heavy atom. The van der Waals surface area contributed by atoms with Gasteiger partial charge in [0.05, 0.1) is 20.8 Å². The van der Waals surface area contributed by atoms with Crippen LogP contribution < -0.4 is 20.1 Å². The summed E-state index contributed by atoms with van der Waals surface area (Å²) in [5.41, 5.74) is 1.15. The Kier molecular flexibility index (Phi) is 12.6. The van der Waals surface area contributed by atoms with Crippen LogP contribution in [0.25, 0.3) is 0 Å². The van der Waals surface area contributed by atoms with Gasteiger partial charge in [0.25, 0.3) is 0 Å². The minimum Gasteiger partial charge on any atom is -0.493 e. The number of aliphatic imine (C=N–C) groups is 1. The maximum atomic E-state index is 12.5. The molecule has 1 aliphatic rings. The van der Waals surface area contributed by atoms with Gasteiger partial charge in [-0.3, -0.25) is 9.79 Å². The number of nitrogens with one attached hydrogen (secondary N) is 2. The van der Waals surface area contributed by atoms with Gasteiger partial charge in [-0.15, -0.1) is 24.0 Å². The number of nitrogens with zero attached hydrogens (tertiary/aromatic N) is 2. The van der Waals surface area contributed by atoms with Gasteiger partial charge in [-0.25, -0.2) is 0 Å². The minimum atomic E-state index is 0. The molecule has 0 aliphatic carbocycles. The molecule has 0 bridgehead atoms. The van der Waals surface area contributed by atoms with E-state index in [1.807, 2.05) is 30.0 Å². The van der Waals surface area contributed by atoms with Crippen LogP contribution in [0.5, 0.6) is 11.5 Å². The summed E-state index contributed by atoms with van der Waals surface area (Å²) in [6, 6.07) is 6.29. The molecule has 30 heavy (non-hydrogen) atoms. The van der Waals surface area contributed by atoms with E-state index in [0.717, 1.165) is 61.9 Å². The predicted octanol–water partition coefficient (Wildman–Crippen LogP) is 3.21. The van der Waals surface area contributed by atoms with Gasteiger partial charge in [-0.05, 0) is 57.2 Å². The highest BCUT2D eigenvalue weighted by atomic mass is 127. The second kappa shape index (κ2) is 14.3. The van der Waals surface area contributed by atoms with E-state index in [4.69, 9.17) is 9.47 Å². The number of halogens is 1. The van der Waals surface area contributed by atoms with Crippen molar-refractivity contribution in [2.75, 3.05) is 40.4 Å². The lowest BCUT2D eigenvalue weighted by Gasteiger charge is -2.33. The highest BCUT2D eigenvalue weighted by Crippen LogP contribution is 2.27. The van der Waals surface area contributed by atoms with E-state index >= 15 is 0 Å². The van der Waals surface area contributed by atoms with Crippen LogP contribution >= 0.6 is 24.0 Å². The molecule has 1 aliphatic heterocycles. The molecule has 7 nitrogen and oxygen atoms in total. The first-order valence-electron chi connectivity index (χ1n) is 10.6. The topological polar surface area (TPSA) is 75.2 Å². The number of piperidine rings is 1. The highest BCUT2D eigenvalue weighted by Gasteiger charge is 2.22. The van der Waals surface area contributed by atoms with Crippen LogP contribution in [-0.2, 0) is 11.2 Å². The zero-order valence-electron chi connectivity index (χ0n) is 18.7. The lowest BCUT2D eigenvalue weighted by Crippen LogP contribution is -2.42. The highest BCUT2D eigenvalue weighted by molar-refractivity contribution is 14.0. The summed E-state index contributed by atoms with van der Waals surface area (Å²) in [5.74, 6) is 2.41. The maximum Gasteiger partial charge on any atom is 0.224 e. The normalized spacial score (nSPS) is 16.5. The van der Waals surface area contributed by atoms with E-state index in [0.29, 0.717) is 19.0 Å². The Balaban J connectivity index is 0.00000450. The molecule has 1 aromatic rings. The summed E-state index contributed by atoms with van der Waals surface area (Å²) in [5, 5.41) is 6.58. The molecule has 0 aromatic heterocycles. The molecule has 1 unspecified atom stereocenters. The number of hydrogen-bond donors (Lipinski definition) is 2. The fraction of sp³-hybridized carbons (Fsp3) is 0.636. The number of ether oxygens (including phenoxy) is 2. The van der Waals surface area contributed by atoms with Crippen molar-refractivity contribution in [3.8, 4) is 11.5 Å². The van der Waals surface area contributed by atoms with Crippen LogP contribution in [0, 0.1) is 0 Å². The molecule has 8 heteroatoms. The number of benzene rings is 1. The third-order valence-electron chi connectivity index (χ3n) is 5.22. The number of likely N-dealkylation sites (tertiary alicyclic amines) is 1. The molecular weight excluding hydrogens is 495 g/mol. The van der Waals surface area contributed by atoms with Crippen molar-refractivity contribution in [3.63, 3.8) is 0 Å². The van der Waals surface area contributed by atoms with Gasteiger partial charge in [0, 0.05) is 32.1 Å². The van der Waals surface area contributed by atoms with E-state index in [1.54, 1.807) is 14.2 Å². The zero-order chi connectivity index (χ0) is 21.1. The predicted molar refractivity (Wildman–Crippen MR) is 132 cm³/mol. The van der Waals surface area contributed by atoms with E-state index < -0.39 is 0 Å². The summed E-state index contributed by atoms with van der Waals surface area (Å²) >= 11 is 0. The fourth-order valence-corrected chi connectivity index (χ4v) is 3.58. The maximum absolute atomic E-state index is 12.5. The van der Waals surface area contributed by atoms with Crippen LogP contribution in [0.4, 0.5) is 0 Å². The Morgan fingerprint density at radius 1 is 1.20 bits per heavy atom. The number of carbonyl (C=O) groups is 1. The largest absolute Gasteiger partial charge is 0.493 e.